The molecule has 0 aliphatic heterocycles. The van der Waals surface area contributed by atoms with Crippen LogP contribution in [0, 0.1) is 13.8 Å². The Labute approximate surface area is 126 Å². The third-order valence-corrected chi connectivity index (χ3v) is 3.91. The van der Waals surface area contributed by atoms with Crippen molar-refractivity contribution in [3.63, 3.8) is 0 Å². The smallest absolute Gasteiger partial charge is 0.0844 e. The van der Waals surface area contributed by atoms with Gasteiger partial charge in [-0.1, -0.05) is 49.7 Å². The second kappa shape index (κ2) is 6.42. The van der Waals surface area contributed by atoms with E-state index >= 15 is 0 Å². The minimum absolute atomic E-state index is 0.506. The van der Waals surface area contributed by atoms with Crippen LogP contribution >= 0.6 is 11.6 Å². The van der Waals surface area contributed by atoms with Crippen LogP contribution < -0.4 is 5.32 Å². The normalized spacial score (nSPS) is 11.3. The van der Waals surface area contributed by atoms with Gasteiger partial charge in [0.2, 0.25) is 0 Å². The number of rotatable bonds is 5. The summed E-state index contributed by atoms with van der Waals surface area (Å²) in [6.45, 7) is 9.92. The molecule has 0 saturated heterocycles. The van der Waals surface area contributed by atoms with Crippen LogP contribution in [0.4, 0.5) is 0 Å². The van der Waals surface area contributed by atoms with Crippen molar-refractivity contribution in [2.45, 2.75) is 46.8 Å². The Kier molecular flexibility index (Phi) is 4.84. The summed E-state index contributed by atoms with van der Waals surface area (Å²) >= 11 is 6.17. The molecule has 0 aliphatic carbocycles. The minimum Gasteiger partial charge on any atom is -0.310 e. The van der Waals surface area contributed by atoms with Gasteiger partial charge in [-0.2, -0.15) is 5.10 Å². The lowest BCUT2D eigenvalue weighted by Crippen LogP contribution is -2.21. The summed E-state index contributed by atoms with van der Waals surface area (Å²) in [4.78, 5) is 0. The summed E-state index contributed by atoms with van der Waals surface area (Å²) in [6, 6.07) is 9.14. The number of nitrogens with one attached hydrogen (secondary N) is 1. The van der Waals surface area contributed by atoms with Crippen molar-refractivity contribution in [3.8, 4) is 0 Å². The molecule has 0 atom stereocenters. The molecule has 4 heteroatoms. The lowest BCUT2D eigenvalue weighted by Gasteiger charge is -2.09. The Morgan fingerprint density at radius 2 is 1.75 bits per heavy atom. The first-order chi connectivity index (χ1) is 9.47. The van der Waals surface area contributed by atoms with Gasteiger partial charge in [0.15, 0.2) is 0 Å². The molecule has 2 rings (SSSR count). The van der Waals surface area contributed by atoms with Crippen molar-refractivity contribution < 1.29 is 0 Å². The summed E-state index contributed by atoms with van der Waals surface area (Å²) in [5.41, 5.74) is 4.45. The highest BCUT2D eigenvalue weighted by Crippen LogP contribution is 2.19. The van der Waals surface area contributed by atoms with Crippen LogP contribution in [0.2, 0.25) is 5.02 Å². The van der Waals surface area contributed by atoms with Crippen LogP contribution in [0.25, 0.3) is 0 Å². The standard InChI is InChI=1S/C16H22ClN3/c1-11(2)18-9-14-5-7-15(8-6-14)10-20-13(4)16(17)12(3)19-20/h5-8,11,18H,9-10H2,1-4H3. The molecule has 0 fully saturated rings. The van der Waals surface area contributed by atoms with Gasteiger partial charge in [0.1, 0.15) is 0 Å². The van der Waals surface area contributed by atoms with E-state index in [-0.39, 0.29) is 0 Å². The fourth-order valence-corrected chi connectivity index (χ4v) is 2.22. The number of benzene rings is 1. The van der Waals surface area contributed by atoms with Gasteiger partial charge in [0, 0.05) is 12.6 Å². The Balaban J connectivity index is 2.05. The Morgan fingerprint density at radius 1 is 1.15 bits per heavy atom. The van der Waals surface area contributed by atoms with Crippen molar-refractivity contribution in [3.05, 3.63) is 51.8 Å². The molecule has 0 spiro atoms. The van der Waals surface area contributed by atoms with Gasteiger partial charge < -0.3 is 5.32 Å². The zero-order valence-electron chi connectivity index (χ0n) is 12.6. The Morgan fingerprint density at radius 3 is 2.25 bits per heavy atom. The van der Waals surface area contributed by atoms with Crippen molar-refractivity contribution in [2.75, 3.05) is 0 Å². The summed E-state index contributed by atoms with van der Waals surface area (Å²) in [5, 5.41) is 8.64. The minimum atomic E-state index is 0.506. The molecule has 0 unspecified atom stereocenters. The first kappa shape index (κ1) is 15.1. The van der Waals surface area contributed by atoms with E-state index in [0.29, 0.717) is 6.04 Å². The van der Waals surface area contributed by atoms with Crippen LogP contribution in [0.5, 0.6) is 0 Å². The first-order valence-electron chi connectivity index (χ1n) is 6.98. The highest BCUT2D eigenvalue weighted by molar-refractivity contribution is 6.31. The van der Waals surface area contributed by atoms with E-state index < -0.39 is 0 Å². The number of nitrogens with zero attached hydrogens (tertiary/aromatic N) is 2. The lowest BCUT2D eigenvalue weighted by atomic mass is 10.1. The van der Waals surface area contributed by atoms with Gasteiger partial charge in [-0.05, 0) is 25.0 Å². The molecule has 1 aromatic carbocycles. The molecule has 0 bridgehead atoms. The molecule has 0 saturated carbocycles. The van der Waals surface area contributed by atoms with Gasteiger partial charge in [-0.15, -0.1) is 0 Å². The molecule has 20 heavy (non-hydrogen) atoms. The molecule has 3 nitrogen and oxygen atoms in total. The maximum absolute atomic E-state index is 6.17. The number of hydrogen-bond donors (Lipinski definition) is 1. The first-order valence-corrected chi connectivity index (χ1v) is 7.36. The summed E-state index contributed by atoms with van der Waals surface area (Å²) < 4.78 is 1.96. The van der Waals surface area contributed by atoms with Crippen LogP contribution in [-0.2, 0) is 13.1 Å². The molecule has 1 aromatic heterocycles. The highest BCUT2D eigenvalue weighted by atomic mass is 35.5. The third-order valence-electron chi connectivity index (χ3n) is 3.36. The molecule has 2 aromatic rings. The summed E-state index contributed by atoms with van der Waals surface area (Å²) in [7, 11) is 0. The van der Waals surface area contributed by atoms with E-state index in [0.717, 1.165) is 29.5 Å². The van der Waals surface area contributed by atoms with Gasteiger partial charge >= 0.3 is 0 Å². The zero-order valence-corrected chi connectivity index (χ0v) is 13.3. The molecule has 1 N–H and O–H groups in total. The second-order valence-electron chi connectivity index (χ2n) is 5.49. The zero-order chi connectivity index (χ0) is 14.7. The number of aromatic nitrogens is 2. The maximum Gasteiger partial charge on any atom is 0.0844 e. The second-order valence-corrected chi connectivity index (χ2v) is 5.87. The maximum atomic E-state index is 6.17. The molecular formula is C16H22ClN3. The monoisotopic (exact) mass is 291 g/mol. The largest absolute Gasteiger partial charge is 0.310 e. The fraction of sp³-hybridized carbons (Fsp3) is 0.438. The molecule has 0 radical (unpaired) electrons. The topological polar surface area (TPSA) is 29.9 Å². The Bertz CT molecular complexity index is 570. The van der Waals surface area contributed by atoms with Gasteiger partial charge in [0.05, 0.1) is 23.0 Å². The average molecular weight is 292 g/mol. The SMILES string of the molecule is Cc1nn(Cc2ccc(CNC(C)C)cc2)c(C)c1Cl. The summed E-state index contributed by atoms with van der Waals surface area (Å²) in [5.74, 6) is 0. The summed E-state index contributed by atoms with van der Waals surface area (Å²) in [6.07, 6.45) is 0. The number of halogens is 1. The number of aryl methyl sites for hydroxylation is 1. The number of hydrogen-bond acceptors (Lipinski definition) is 2. The van der Waals surface area contributed by atoms with E-state index in [2.05, 4.69) is 48.5 Å². The van der Waals surface area contributed by atoms with E-state index in [9.17, 15) is 0 Å². The van der Waals surface area contributed by atoms with E-state index in [1.807, 2.05) is 18.5 Å². The molecule has 108 valence electrons. The van der Waals surface area contributed by atoms with Crippen molar-refractivity contribution in [1.29, 1.82) is 0 Å². The third kappa shape index (κ3) is 3.62. The van der Waals surface area contributed by atoms with Gasteiger partial charge in [0.25, 0.3) is 0 Å². The quantitative estimate of drug-likeness (QED) is 0.910. The molecule has 0 amide bonds. The predicted octanol–water partition coefficient (Wildman–Crippen LogP) is 3.70. The lowest BCUT2D eigenvalue weighted by molar-refractivity contribution is 0.588. The van der Waals surface area contributed by atoms with Gasteiger partial charge in [-0.25, -0.2) is 0 Å². The van der Waals surface area contributed by atoms with Crippen molar-refractivity contribution >= 4 is 11.6 Å². The average Bonchev–Trinajstić information content (AvgIpc) is 2.65. The van der Waals surface area contributed by atoms with Crippen molar-refractivity contribution in [1.82, 2.24) is 15.1 Å². The predicted molar refractivity (Wildman–Crippen MR) is 84.2 cm³/mol. The molecule has 0 aliphatic rings. The van der Waals surface area contributed by atoms with E-state index in [4.69, 9.17) is 11.6 Å². The van der Waals surface area contributed by atoms with E-state index in [1.165, 1.54) is 11.1 Å². The fourth-order valence-electron chi connectivity index (χ4n) is 2.09. The van der Waals surface area contributed by atoms with Crippen LogP contribution in [0.1, 0.15) is 36.4 Å². The molecule has 1 heterocycles. The highest BCUT2D eigenvalue weighted by Gasteiger charge is 2.09. The van der Waals surface area contributed by atoms with E-state index in [1.54, 1.807) is 0 Å². The molecular weight excluding hydrogens is 270 g/mol. The van der Waals surface area contributed by atoms with Gasteiger partial charge in [-0.3, -0.25) is 4.68 Å². The van der Waals surface area contributed by atoms with Crippen LogP contribution in [0.15, 0.2) is 24.3 Å². The van der Waals surface area contributed by atoms with Crippen LogP contribution in [0.3, 0.4) is 0 Å². The van der Waals surface area contributed by atoms with Crippen molar-refractivity contribution in [2.24, 2.45) is 0 Å². The Hall–Kier alpha value is -1.32. The van der Waals surface area contributed by atoms with Crippen LogP contribution in [-0.4, -0.2) is 15.8 Å².